The molecule has 0 saturated carbocycles. The molecule has 2 atom stereocenters. The highest BCUT2D eigenvalue weighted by atomic mass is 19.4. The molecule has 1 aliphatic rings. The molecule has 0 radical (unpaired) electrons. The van der Waals surface area contributed by atoms with Gasteiger partial charge in [-0.15, -0.1) is 0 Å². The fourth-order valence-electron chi connectivity index (χ4n) is 3.79. The molecule has 1 unspecified atom stereocenters. The Morgan fingerprint density at radius 2 is 1.62 bits per heavy atom. The third-order valence-electron chi connectivity index (χ3n) is 6.08. The molecule has 2 N–H and O–H groups in total. The van der Waals surface area contributed by atoms with Gasteiger partial charge in [-0.3, -0.25) is 19.2 Å². The Labute approximate surface area is 224 Å². The van der Waals surface area contributed by atoms with E-state index >= 15 is 0 Å². The van der Waals surface area contributed by atoms with Crippen LogP contribution in [0.2, 0.25) is 0 Å². The number of rotatable bonds is 8. The fraction of sp³-hybridized carbons (Fsp3) is 0.393. The van der Waals surface area contributed by atoms with E-state index in [1.165, 1.54) is 11.8 Å². The Bertz CT molecular complexity index is 1270. The molecule has 8 nitrogen and oxygen atoms in total. The Morgan fingerprint density at radius 1 is 1.00 bits per heavy atom. The molecule has 3 amide bonds. The van der Waals surface area contributed by atoms with E-state index < -0.39 is 54.4 Å². The number of alkyl halides is 3. The molecule has 0 fully saturated rings. The van der Waals surface area contributed by atoms with Gasteiger partial charge in [0.25, 0.3) is 5.91 Å². The average molecular weight is 545 g/mol. The van der Waals surface area contributed by atoms with Crippen LogP contribution in [0.1, 0.15) is 51.7 Å². The molecule has 0 bridgehead atoms. The van der Waals surface area contributed by atoms with E-state index in [1.807, 2.05) is 6.07 Å². The van der Waals surface area contributed by atoms with Crippen LogP contribution in [0.15, 0.2) is 59.6 Å². The predicted molar refractivity (Wildman–Crippen MR) is 140 cm³/mol. The maximum atomic E-state index is 13.8. The number of ketones is 1. The van der Waals surface area contributed by atoms with E-state index in [0.717, 1.165) is 0 Å². The number of hydrogen-bond donors (Lipinski definition) is 2. The van der Waals surface area contributed by atoms with Crippen molar-refractivity contribution < 1.29 is 32.3 Å². The number of nitrogens with one attached hydrogen (secondary N) is 2. The smallest absolute Gasteiger partial charge is 0.345 e. The summed E-state index contributed by atoms with van der Waals surface area (Å²) in [5.74, 6) is -2.67. The normalized spacial score (nSPS) is 16.5. The predicted octanol–water partition coefficient (Wildman–Crippen LogP) is 3.78. The first kappa shape index (κ1) is 29.5. The van der Waals surface area contributed by atoms with E-state index in [9.17, 15) is 32.3 Å². The van der Waals surface area contributed by atoms with Crippen LogP contribution in [0.3, 0.4) is 0 Å². The lowest BCUT2D eigenvalue weighted by atomic mass is 9.90. The van der Waals surface area contributed by atoms with Crippen LogP contribution < -0.4 is 15.5 Å². The number of amides is 3. The molecular formula is C28H31F3N4O4. The number of anilines is 1. The zero-order valence-electron chi connectivity index (χ0n) is 22.1. The molecule has 1 aliphatic heterocycles. The zero-order valence-corrected chi connectivity index (χ0v) is 22.1. The second-order valence-corrected chi connectivity index (χ2v) is 10.3. The molecular weight excluding hydrogens is 513 g/mol. The summed E-state index contributed by atoms with van der Waals surface area (Å²) in [5.41, 5.74) is 1.32. The highest BCUT2D eigenvalue weighted by Crippen LogP contribution is 2.29. The van der Waals surface area contributed by atoms with Crippen molar-refractivity contribution in [2.24, 2.45) is 10.4 Å². The number of hydrogen-bond acceptors (Lipinski definition) is 5. The van der Waals surface area contributed by atoms with Crippen LogP contribution in [0.25, 0.3) is 0 Å². The first-order chi connectivity index (χ1) is 18.2. The largest absolute Gasteiger partial charge is 0.389 e. The molecule has 0 spiro atoms. The maximum Gasteiger partial charge on any atom is 0.389 e. The molecule has 1 heterocycles. The Kier molecular flexibility index (Phi) is 8.93. The van der Waals surface area contributed by atoms with Gasteiger partial charge in [0, 0.05) is 23.0 Å². The molecule has 3 rings (SSSR count). The molecule has 0 aliphatic carbocycles. The summed E-state index contributed by atoms with van der Waals surface area (Å²) in [4.78, 5) is 57.5. The van der Waals surface area contributed by atoms with Crippen molar-refractivity contribution in [3.05, 3.63) is 65.7 Å². The van der Waals surface area contributed by atoms with Gasteiger partial charge in [-0.25, -0.2) is 4.99 Å². The quantitative estimate of drug-likeness (QED) is 0.528. The van der Waals surface area contributed by atoms with Crippen molar-refractivity contribution in [3.63, 3.8) is 0 Å². The lowest BCUT2D eigenvalue weighted by Crippen LogP contribution is -2.54. The van der Waals surface area contributed by atoms with Crippen LogP contribution in [-0.2, 0) is 19.2 Å². The fourth-order valence-corrected chi connectivity index (χ4v) is 3.79. The number of benzodiazepines with no additional fused rings is 1. The summed E-state index contributed by atoms with van der Waals surface area (Å²) in [5, 5.41) is 4.71. The molecule has 2 aromatic rings. The topological polar surface area (TPSA) is 108 Å². The highest BCUT2D eigenvalue weighted by molar-refractivity contribution is 6.21. The molecule has 208 valence electrons. The second kappa shape index (κ2) is 11.8. The Hall–Kier alpha value is -4.02. The van der Waals surface area contributed by atoms with Gasteiger partial charge >= 0.3 is 6.18 Å². The van der Waals surface area contributed by atoms with Gasteiger partial charge in [-0.2, -0.15) is 13.2 Å². The van der Waals surface area contributed by atoms with Gasteiger partial charge in [0.2, 0.25) is 18.0 Å². The minimum Gasteiger partial charge on any atom is -0.345 e. The maximum absolute atomic E-state index is 13.8. The van der Waals surface area contributed by atoms with Crippen LogP contribution in [0.5, 0.6) is 0 Å². The number of carbonyl (C=O) groups excluding carboxylic acids is 4. The van der Waals surface area contributed by atoms with Crippen molar-refractivity contribution in [1.29, 1.82) is 0 Å². The number of Topliss-reactive ketones (excluding diaryl/α,β-unsaturated/α-hetero) is 1. The van der Waals surface area contributed by atoms with Gasteiger partial charge in [0.15, 0.2) is 5.78 Å². The third kappa shape index (κ3) is 7.75. The summed E-state index contributed by atoms with van der Waals surface area (Å²) in [6, 6.07) is 14.7. The second-order valence-electron chi connectivity index (χ2n) is 10.3. The standard InChI is InChI=1S/C28H31F3N4O4/c1-17(32-22(37)14-15-28(29,30)31)25(38)34-24-26(39)35(16-21(36)27(2,3)4)20-13-9-8-12-19(20)23(33-24)18-10-6-5-7-11-18/h5-13,17,24H,14-16H2,1-4H3,(H,32,37)(H,34,38)/t17-,24?/m0/s1. The molecule has 0 aromatic heterocycles. The number of aliphatic imine (C=N–C) groups is 1. The van der Waals surface area contributed by atoms with Crippen molar-refractivity contribution >= 4 is 34.9 Å². The minimum absolute atomic E-state index is 0.218. The van der Waals surface area contributed by atoms with E-state index in [4.69, 9.17) is 0 Å². The number of fused-ring (bicyclic) bond motifs is 1. The number of para-hydroxylation sites is 1. The summed E-state index contributed by atoms with van der Waals surface area (Å²) < 4.78 is 37.4. The summed E-state index contributed by atoms with van der Waals surface area (Å²) in [6.07, 6.45) is -8.14. The number of benzene rings is 2. The van der Waals surface area contributed by atoms with Crippen molar-refractivity contribution in [3.8, 4) is 0 Å². The molecule has 0 saturated heterocycles. The Balaban J connectivity index is 1.96. The van der Waals surface area contributed by atoms with E-state index in [2.05, 4.69) is 15.6 Å². The van der Waals surface area contributed by atoms with Gasteiger partial charge in [0.1, 0.15) is 6.04 Å². The lowest BCUT2D eigenvalue weighted by Gasteiger charge is -2.28. The van der Waals surface area contributed by atoms with Crippen LogP contribution in [-0.4, -0.2) is 54.1 Å². The summed E-state index contributed by atoms with van der Waals surface area (Å²) in [6.45, 7) is 6.22. The number of carbonyl (C=O) groups is 4. The number of nitrogens with zero attached hydrogens (tertiary/aromatic N) is 2. The minimum atomic E-state index is -4.51. The van der Waals surface area contributed by atoms with E-state index in [-0.39, 0.29) is 12.3 Å². The van der Waals surface area contributed by atoms with Crippen LogP contribution in [0.4, 0.5) is 18.9 Å². The molecule has 11 heteroatoms. The van der Waals surface area contributed by atoms with Crippen LogP contribution >= 0.6 is 0 Å². The molecule has 2 aromatic carbocycles. The van der Waals surface area contributed by atoms with Crippen molar-refractivity contribution in [2.45, 2.75) is 58.9 Å². The monoisotopic (exact) mass is 544 g/mol. The van der Waals surface area contributed by atoms with Crippen molar-refractivity contribution in [1.82, 2.24) is 10.6 Å². The van der Waals surface area contributed by atoms with Crippen LogP contribution in [0, 0.1) is 5.41 Å². The van der Waals surface area contributed by atoms with Crippen molar-refractivity contribution in [2.75, 3.05) is 11.4 Å². The van der Waals surface area contributed by atoms with Gasteiger partial charge < -0.3 is 15.5 Å². The van der Waals surface area contributed by atoms with Gasteiger partial charge in [0.05, 0.1) is 24.4 Å². The highest BCUT2D eigenvalue weighted by Gasteiger charge is 2.36. The summed E-state index contributed by atoms with van der Waals surface area (Å²) >= 11 is 0. The molecule has 39 heavy (non-hydrogen) atoms. The van der Waals surface area contributed by atoms with Gasteiger partial charge in [-0.1, -0.05) is 69.3 Å². The first-order valence-corrected chi connectivity index (χ1v) is 12.4. The summed E-state index contributed by atoms with van der Waals surface area (Å²) in [7, 11) is 0. The zero-order chi connectivity index (χ0) is 29.0. The van der Waals surface area contributed by atoms with E-state index in [1.54, 1.807) is 69.3 Å². The van der Waals surface area contributed by atoms with Gasteiger partial charge in [-0.05, 0) is 13.0 Å². The lowest BCUT2D eigenvalue weighted by molar-refractivity contribution is -0.144. The van der Waals surface area contributed by atoms with E-state index in [0.29, 0.717) is 22.5 Å². The number of halogens is 3. The SMILES string of the molecule is C[C@H](NC(=O)CCC(F)(F)F)C(=O)NC1N=C(c2ccccc2)c2ccccc2N(CC(=O)C(C)(C)C)C1=O. The average Bonchev–Trinajstić information content (AvgIpc) is 2.97. The first-order valence-electron chi connectivity index (χ1n) is 12.4. The Morgan fingerprint density at radius 3 is 2.23 bits per heavy atom. The third-order valence-corrected chi connectivity index (χ3v) is 6.08.